The van der Waals surface area contributed by atoms with E-state index in [1.165, 1.54) is 0 Å². The first-order valence-corrected chi connectivity index (χ1v) is 49.0. The summed E-state index contributed by atoms with van der Waals surface area (Å²) < 4.78 is 142. The third-order valence-electron chi connectivity index (χ3n) is 19.3. The highest BCUT2D eigenvalue weighted by atomic mass is 31.3. The van der Waals surface area contributed by atoms with Crippen molar-refractivity contribution in [1.82, 2.24) is 10.2 Å². The molecule has 0 aliphatic carbocycles. The Morgan fingerprint density at radius 1 is 0.216 bits per heavy atom. The minimum Gasteiger partial charge on any atom is -0.422 e. The van der Waals surface area contributed by atoms with Gasteiger partial charge in [0.05, 0.1) is 106 Å². The lowest BCUT2D eigenvalue weighted by molar-refractivity contribution is 0.00494. The molecule has 4 atom stereocenters. The predicted octanol–water partition coefficient (Wildman–Crippen LogP) is 24.6. The molecule has 0 fully saturated rings. The maximum atomic E-state index is 7.31. The highest BCUT2D eigenvalue weighted by molar-refractivity contribution is 7.80. The summed E-state index contributed by atoms with van der Waals surface area (Å²) in [6.45, 7) is 4.92. The summed E-state index contributed by atoms with van der Waals surface area (Å²) in [5.41, 5.74) is 0. The molecule has 4 aliphatic rings. The van der Waals surface area contributed by atoms with Crippen LogP contribution in [0.2, 0.25) is 0 Å². The van der Waals surface area contributed by atoms with Crippen LogP contribution in [0, 0.1) is 0 Å². The van der Waals surface area contributed by atoms with Gasteiger partial charge in [0.25, 0.3) is 15.2 Å². The molecule has 0 amide bonds. The van der Waals surface area contributed by atoms with Crippen molar-refractivity contribution in [2.24, 2.45) is 27.1 Å². The standard InChI is InChI=1S/C86H96N8O16P6/c1(3-5-19-45-87-111-89-113(105-81-39-33-69-21-7-13-27-75(69)63-81,103-61-57-99-53-49-95-47-51-97-55-59-101-111)93-115(91-111,107-83-41-35-71-23-9-15-29-77(71)65-83)108-84-42-36-72-24-10-16-30-78(72)66-84)2-4-6-20-46-88-112-90-114(106-82-40-34-70-22-8-14-28-76(70)64-82,104-62-58-100-54-50-96-48-52-98-56-60-102-112)94-116(92-112,109-85-43-37-73-25-11-17-31-79(73)67-85)110-86-44-38-74-26-12-18-32-80(74)68-86/h7-18,21-44,63-68,87-88H,1-6,19-20,45-62H2. The number of ether oxygens (including phenoxy) is 6. The summed E-state index contributed by atoms with van der Waals surface area (Å²) in [5.74, 6) is 2.88. The third-order valence-corrected chi connectivity index (χ3v) is 36.5. The van der Waals surface area contributed by atoms with E-state index in [9.17, 15) is 0 Å². The molecule has 4 aliphatic heterocycles. The smallest absolute Gasteiger partial charge is 0.422 e. The molecule has 0 saturated carbocycles. The molecule has 2 N–H and O–H groups in total. The van der Waals surface area contributed by atoms with Crippen molar-refractivity contribution >= 4 is 110 Å². The number of nitrogens with one attached hydrogen (secondary N) is 2. The summed E-state index contributed by atoms with van der Waals surface area (Å²) in [6, 6.07) is 84.1. The van der Waals surface area contributed by atoms with Gasteiger partial charge in [0.15, 0.2) is 0 Å². The molecular weight excluding hydrogens is 1590 g/mol. The first-order chi connectivity index (χ1) is 57.1. The summed E-state index contributed by atoms with van der Waals surface area (Å²) in [5, 5.41) is 19.5. The Bertz CT molecular complexity index is 5250. The normalized spacial score (nSPS) is 21.8. The molecule has 4 heterocycles. The van der Waals surface area contributed by atoms with E-state index in [2.05, 4.69) is 46.6 Å². The second kappa shape index (κ2) is 39.6. The number of rotatable bonds is 25. The lowest BCUT2D eigenvalue weighted by Gasteiger charge is -2.34. The lowest BCUT2D eigenvalue weighted by atomic mass is 10.1. The fraction of sp³-hybridized carbons (Fsp3) is 0.302. The molecule has 30 heteroatoms. The fourth-order valence-electron chi connectivity index (χ4n) is 13.6. The molecule has 16 rings (SSSR count). The molecule has 12 aromatic carbocycles. The fourth-order valence-corrected chi connectivity index (χ4v) is 32.9. The molecular formula is C86H96N8O16P6. The highest BCUT2D eigenvalue weighted by Gasteiger charge is 2.47. The topological polar surface area (TPSA) is 246 Å². The van der Waals surface area contributed by atoms with Crippen LogP contribution in [0.1, 0.15) is 51.4 Å². The monoisotopic (exact) mass is 1680 g/mol. The SMILES string of the molecule is c1ccc2cc(OP34=NP(NCCCCCCCCCCNP56=NP(Oc7ccc8ccccc8c7)(Oc7ccc8ccccc8c7)=NP(Oc7ccc8ccccc8c7)(=N5)OCCOCCOCCOCCO6)(=NP(Oc5ccc6ccccc6c5)(Oc5ccc6ccccc6c5)=N3)OCCOCCOCCOCCO4)ccc2c1. The zero-order valence-electron chi connectivity index (χ0n) is 64.5. The molecule has 606 valence electrons. The Balaban J connectivity index is 0.672. The van der Waals surface area contributed by atoms with E-state index in [0.29, 0.717) is 100 Å². The van der Waals surface area contributed by atoms with Crippen LogP contribution < -0.4 is 37.3 Å². The Kier molecular flexibility index (Phi) is 27.9. The maximum Gasteiger partial charge on any atom is 0.457 e. The van der Waals surface area contributed by atoms with Gasteiger partial charge in [-0.1, -0.05) is 221 Å². The Morgan fingerprint density at radius 2 is 0.431 bits per heavy atom. The van der Waals surface area contributed by atoms with Crippen LogP contribution in [-0.4, -0.2) is 119 Å². The van der Waals surface area contributed by atoms with Crippen molar-refractivity contribution < 1.29 is 73.7 Å². The van der Waals surface area contributed by atoms with Gasteiger partial charge in [-0.2, -0.15) is 0 Å². The second-order valence-corrected chi connectivity index (χ2v) is 41.0. The minimum atomic E-state index is -4.05. The van der Waals surface area contributed by atoms with Crippen LogP contribution >= 0.6 is 45.8 Å². The van der Waals surface area contributed by atoms with Gasteiger partial charge in [-0.25, -0.2) is 10.2 Å². The summed E-state index contributed by atoms with van der Waals surface area (Å²) in [4.78, 5) is 0. The van der Waals surface area contributed by atoms with E-state index >= 15 is 0 Å². The number of unbranched alkanes of at least 4 members (excludes halogenated alkanes) is 7. The van der Waals surface area contributed by atoms with Gasteiger partial charge < -0.3 is 64.6 Å². The van der Waals surface area contributed by atoms with Crippen molar-refractivity contribution in [1.29, 1.82) is 0 Å². The van der Waals surface area contributed by atoms with Crippen molar-refractivity contribution in [2.45, 2.75) is 51.4 Å². The van der Waals surface area contributed by atoms with Gasteiger partial charge in [0.2, 0.25) is 0 Å². The Labute approximate surface area is 676 Å². The molecule has 4 bridgehead atoms. The number of nitrogens with zero attached hydrogens (tertiary/aromatic N) is 6. The van der Waals surface area contributed by atoms with Crippen molar-refractivity contribution in [3.8, 4) is 34.5 Å². The molecule has 24 nitrogen and oxygen atoms in total. The van der Waals surface area contributed by atoms with Crippen LogP contribution in [0.25, 0.3) is 64.6 Å². The van der Waals surface area contributed by atoms with Crippen LogP contribution in [0.15, 0.2) is 282 Å². The number of hydrogen-bond acceptors (Lipinski definition) is 24. The minimum absolute atomic E-state index is 0.0506. The third kappa shape index (κ3) is 21.9. The van der Waals surface area contributed by atoms with Crippen LogP contribution in [-0.2, 0) is 46.5 Å². The predicted molar refractivity (Wildman–Crippen MR) is 465 cm³/mol. The summed E-state index contributed by atoms with van der Waals surface area (Å²) >= 11 is 0. The molecule has 12 aromatic rings. The maximum absolute atomic E-state index is 7.31. The second-order valence-electron chi connectivity index (χ2n) is 27.8. The molecule has 0 aromatic heterocycles. The molecule has 0 radical (unpaired) electrons. The zero-order valence-corrected chi connectivity index (χ0v) is 69.9. The molecule has 0 spiro atoms. The first kappa shape index (κ1) is 81.6. The summed E-state index contributed by atoms with van der Waals surface area (Å²) in [6.07, 6.45) is 7.25. The molecule has 0 saturated heterocycles. The Morgan fingerprint density at radius 3 is 0.690 bits per heavy atom. The zero-order chi connectivity index (χ0) is 78.4. The van der Waals surface area contributed by atoms with Crippen molar-refractivity contribution in [3.05, 3.63) is 255 Å². The van der Waals surface area contributed by atoms with Gasteiger partial charge in [-0.05, 0) is 150 Å². The highest BCUT2D eigenvalue weighted by Crippen LogP contribution is 2.80. The van der Waals surface area contributed by atoms with Gasteiger partial charge in [0.1, 0.15) is 34.5 Å². The van der Waals surface area contributed by atoms with Crippen LogP contribution in [0.5, 0.6) is 34.5 Å². The summed E-state index contributed by atoms with van der Waals surface area (Å²) in [7, 11) is -23.4. The molecule has 4 unspecified atom stereocenters. The lowest BCUT2D eigenvalue weighted by Crippen LogP contribution is -2.19. The van der Waals surface area contributed by atoms with E-state index in [0.717, 1.165) is 116 Å². The van der Waals surface area contributed by atoms with E-state index in [-0.39, 0.29) is 52.9 Å². The average Bonchev–Trinajstić information content (AvgIpc) is 0.738. The van der Waals surface area contributed by atoms with E-state index in [1.807, 2.05) is 218 Å². The average molecular weight is 1680 g/mol. The first-order valence-electron chi connectivity index (χ1n) is 39.6. The van der Waals surface area contributed by atoms with Crippen molar-refractivity contribution in [3.63, 3.8) is 0 Å². The van der Waals surface area contributed by atoms with E-state index < -0.39 is 45.8 Å². The van der Waals surface area contributed by atoms with Gasteiger partial charge >= 0.3 is 30.6 Å². The van der Waals surface area contributed by atoms with E-state index in [4.69, 9.17) is 101 Å². The largest absolute Gasteiger partial charge is 0.457 e. The molecule has 116 heavy (non-hydrogen) atoms. The number of hydrogen-bond donors (Lipinski definition) is 2. The van der Waals surface area contributed by atoms with Crippen LogP contribution in [0.4, 0.5) is 0 Å². The van der Waals surface area contributed by atoms with Gasteiger partial charge in [0, 0.05) is 13.1 Å². The van der Waals surface area contributed by atoms with E-state index in [1.54, 1.807) is 0 Å². The van der Waals surface area contributed by atoms with Crippen molar-refractivity contribution in [2.75, 3.05) is 119 Å². The number of fused-ring (bicyclic) bond motifs is 8. The van der Waals surface area contributed by atoms with Crippen LogP contribution in [0.3, 0.4) is 0 Å². The van der Waals surface area contributed by atoms with Gasteiger partial charge in [-0.15, -0.1) is 27.1 Å². The Hall–Kier alpha value is -8.10. The quantitative estimate of drug-likeness (QED) is 0.0399. The number of benzene rings is 12. The van der Waals surface area contributed by atoms with Gasteiger partial charge in [-0.3, -0.25) is 9.05 Å².